The molecule has 1 heteroatoms. The molecule has 0 fully saturated rings. The number of aliphatic hydroxyl groups excluding tert-OH is 1. The van der Waals surface area contributed by atoms with Crippen molar-refractivity contribution in [3.05, 3.63) is 59.2 Å². The lowest BCUT2D eigenvalue weighted by molar-refractivity contribution is 0.225. The summed E-state index contributed by atoms with van der Waals surface area (Å²) in [4.78, 5) is 0. The smallest absolute Gasteiger partial charge is 0.105 e. The van der Waals surface area contributed by atoms with Gasteiger partial charge in [-0.05, 0) is 40.7 Å². The molecule has 0 spiro atoms. The molecule has 0 aliphatic heterocycles. The fourth-order valence-electron chi connectivity index (χ4n) is 3.79. The summed E-state index contributed by atoms with van der Waals surface area (Å²) in [6, 6.07) is 14.7. The zero-order chi connectivity index (χ0) is 16.1. The highest BCUT2D eigenvalue weighted by atomic mass is 16.3. The molecule has 0 saturated carbocycles. The van der Waals surface area contributed by atoms with Crippen molar-refractivity contribution < 1.29 is 5.11 Å². The van der Waals surface area contributed by atoms with Gasteiger partial charge >= 0.3 is 0 Å². The predicted molar refractivity (Wildman–Crippen MR) is 97.6 cm³/mol. The first-order valence-corrected chi connectivity index (χ1v) is 9.22. The largest absolute Gasteiger partial charge is 0.384 e. The van der Waals surface area contributed by atoms with E-state index >= 15 is 0 Å². The fourth-order valence-corrected chi connectivity index (χ4v) is 3.79. The standard InChI is InChI=1S/C22H28O/c1-2-3-4-5-6-7-8-12-17-13-11-16-20-21(17)18-14-9-10-15-19(18)22(20)23/h9-11,13-16,22-23H,2-8,12H2,1H3. The summed E-state index contributed by atoms with van der Waals surface area (Å²) in [7, 11) is 0. The van der Waals surface area contributed by atoms with Crippen molar-refractivity contribution in [3.63, 3.8) is 0 Å². The molecule has 3 rings (SSSR count). The van der Waals surface area contributed by atoms with E-state index in [0.29, 0.717) is 0 Å². The highest BCUT2D eigenvalue weighted by Gasteiger charge is 2.28. The number of aliphatic hydroxyl groups is 1. The van der Waals surface area contributed by atoms with Gasteiger partial charge in [0.1, 0.15) is 6.10 Å². The molecule has 1 nitrogen and oxygen atoms in total. The number of aryl methyl sites for hydroxylation is 1. The molecule has 0 radical (unpaired) electrons. The summed E-state index contributed by atoms with van der Waals surface area (Å²) in [6.07, 6.45) is 10.1. The Morgan fingerprint density at radius 2 is 1.48 bits per heavy atom. The number of hydrogen-bond acceptors (Lipinski definition) is 1. The van der Waals surface area contributed by atoms with E-state index in [1.807, 2.05) is 6.07 Å². The van der Waals surface area contributed by atoms with Crippen LogP contribution in [-0.2, 0) is 6.42 Å². The van der Waals surface area contributed by atoms with Crippen LogP contribution in [0, 0.1) is 0 Å². The zero-order valence-electron chi connectivity index (χ0n) is 14.2. The minimum Gasteiger partial charge on any atom is -0.384 e. The maximum Gasteiger partial charge on any atom is 0.105 e. The Morgan fingerprint density at radius 3 is 2.30 bits per heavy atom. The molecule has 1 unspecified atom stereocenters. The Bertz CT molecular complexity index is 644. The van der Waals surface area contributed by atoms with Crippen molar-refractivity contribution in [2.24, 2.45) is 0 Å². The lowest BCUT2D eigenvalue weighted by Crippen LogP contribution is -1.95. The Balaban J connectivity index is 1.65. The maximum atomic E-state index is 10.6. The molecule has 2 aromatic rings. The molecular weight excluding hydrogens is 280 g/mol. The topological polar surface area (TPSA) is 20.2 Å². The van der Waals surface area contributed by atoms with Crippen LogP contribution in [0.25, 0.3) is 11.1 Å². The van der Waals surface area contributed by atoms with Crippen LogP contribution in [0.15, 0.2) is 42.5 Å². The monoisotopic (exact) mass is 308 g/mol. The molecule has 0 aromatic heterocycles. The fraction of sp³-hybridized carbons (Fsp3) is 0.455. The summed E-state index contributed by atoms with van der Waals surface area (Å²) < 4.78 is 0. The third-order valence-corrected chi connectivity index (χ3v) is 5.05. The minimum absolute atomic E-state index is 0.449. The third-order valence-electron chi connectivity index (χ3n) is 5.05. The highest BCUT2D eigenvalue weighted by Crippen LogP contribution is 2.45. The Hall–Kier alpha value is -1.60. The van der Waals surface area contributed by atoms with Gasteiger partial charge in [-0.2, -0.15) is 0 Å². The maximum absolute atomic E-state index is 10.6. The van der Waals surface area contributed by atoms with E-state index in [0.717, 1.165) is 17.5 Å². The lowest BCUT2D eigenvalue weighted by Gasteiger charge is -2.10. The summed E-state index contributed by atoms with van der Waals surface area (Å²) in [6.45, 7) is 2.27. The summed E-state index contributed by atoms with van der Waals surface area (Å²) in [5.41, 5.74) is 6.08. The Labute approximate surface area is 140 Å². The molecule has 0 amide bonds. The van der Waals surface area contributed by atoms with E-state index in [2.05, 4.69) is 43.3 Å². The second kappa shape index (κ2) is 7.79. The zero-order valence-corrected chi connectivity index (χ0v) is 14.2. The minimum atomic E-state index is -0.449. The number of fused-ring (bicyclic) bond motifs is 3. The van der Waals surface area contributed by atoms with Gasteiger partial charge in [-0.3, -0.25) is 0 Å². The predicted octanol–water partition coefficient (Wildman–Crippen LogP) is 6.04. The van der Waals surface area contributed by atoms with Crippen LogP contribution >= 0.6 is 0 Å². The van der Waals surface area contributed by atoms with Crippen LogP contribution in [-0.4, -0.2) is 5.11 Å². The first-order valence-electron chi connectivity index (χ1n) is 9.22. The van der Waals surface area contributed by atoms with Crippen LogP contribution in [0.3, 0.4) is 0 Å². The van der Waals surface area contributed by atoms with E-state index in [-0.39, 0.29) is 0 Å². The summed E-state index contributed by atoms with van der Waals surface area (Å²) in [5.74, 6) is 0. The molecule has 23 heavy (non-hydrogen) atoms. The summed E-state index contributed by atoms with van der Waals surface area (Å²) >= 11 is 0. The third kappa shape index (κ3) is 3.50. The van der Waals surface area contributed by atoms with Gasteiger partial charge in [0, 0.05) is 0 Å². The van der Waals surface area contributed by atoms with E-state index in [9.17, 15) is 5.11 Å². The first-order chi connectivity index (χ1) is 11.3. The normalized spacial score (nSPS) is 15.5. The average Bonchev–Trinajstić information content (AvgIpc) is 2.88. The molecule has 0 heterocycles. The van der Waals surface area contributed by atoms with Gasteiger partial charge in [-0.15, -0.1) is 0 Å². The summed E-state index contributed by atoms with van der Waals surface area (Å²) in [5, 5.41) is 10.6. The van der Waals surface area contributed by atoms with E-state index in [4.69, 9.17) is 0 Å². The van der Waals surface area contributed by atoms with Gasteiger partial charge in [-0.25, -0.2) is 0 Å². The quantitative estimate of drug-likeness (QED) is 0.589. The van der Waals surface area contributed by atoms with Gasteiger partial charge in [0.15, 0.2) is 0 Å². The van der Waals surface area contributed by atoms with Gasteiger partial charge in [0.05, 0.1) is 0 Å². The molecular formula is C22H28O. The highest BCUT2D eigenvalue weighted by molar-refractivity contribution is 5.80. The number of rotatable bonds is 8. The van der Waals surface area contributed by atoms with Crippen molar-refractivity contribution in [1.82, 2.24) is 0 Å². The second-order valence-corrected chi connectivity index (χ2v) is 6.74. The van der Waals surface area contributed by atoms with Gasteiger partial charge < -0.3 is 5.11 Å². The van der Waals surface area contributed by atoms with Crippen molar-refractivity contribution in [2.75, 3.05) is 0 Å². The SMILES string of the molecule is CCCCCCCCCc1cccc2c1-c1ccccc1C2O. The van der Waals surface area contributed by atoms with Gasteiger partial charge in [-0.1, -0.05) is 87.9 Å². The van der Waals surface area contributed by atoms with E-state index < -0.39 is 6.10 Å². The van der Waals surface area contributed by atoms with Gasteiger partial charge in [0.25, 0.3) is 0 Å². The average molecular weight is 308 g/mol. The van der Waals surface area contributed by atoms with Crippen molar-refractivity contribution in [1.29, 1.82) is 0 Å². The van der Waals surface area contributed by atoms with Crippen LogP contribution in [0.4, 0.5) is 0 Å². The molecule has 2 aromatic carbocycles. The Morgan fingerprint density at radius 1 is 0.783 bits per heavy atom. The Kier molecular flexibility index (Phi) is 5.51. The van der Waals surface area contributed by atoms with Crippen molar-refractivity contribution >= 4 is 0 Å². The molecule has 0 saturated heterocycles. The number of benzene rings is 2. The molecule has 1 aliphatic rings. The van der Waals surface area contributed by atoms with Crippen LogP contribution < -0.4 is 0 Å². The number of hydrogen-bond donors (Lipinski definition) is 1. The van der Waals surface area contributed by atoms with Gasteiger partial charge in [0.2, 0.25) is 0 Å². The van der Waals surface area contributed by atoms with Crippen LogP contribution in [0.5, 0.6) is 0 Å². The molecule has 1 N–H and O–H groups in total. The van der Waals surface area contributed by atoms with E-state index in [1.54, 1.807) is 0 Å². The van der Waals surface area contributed by atoms with Crippen LogP contribution in [0.1, 0.15) is 74.7 Å². The molecule has 0 bridgehead atoms. The lowest BCUT2D eigenvalue weighted by atomic mass is 9.95. The second-order valence-electron chi connectivity index (χ2n) is 6.74. The van der Waals surface area contributed by atoms with Crippen LogP contribution in [0.2, 0.25) is 0 Å². The van der Waals surface area contributed by atoms with Crippen molar-refractivity contribution in [2.45, 2.75) is 64.4 Å². The first kappa shape index (κ1) is 16.3. The molecule has 122 valence electrons. The van der Waals surface area contributed by atoms with Crippen molar-refractivity contribution in [3.8, 4) is 11.1 Å². The molecule has 1 atom stereocenters. The molecule has 1 aliphatic carbocycles. The number of unbranched alkanes of at least 4 members (excludes halogenated alkanes) is 6. The van der Waals surface area contributed by atoms with E-state index in [1.165, 1.54) is 61.6 Å².